The van der Waals surface area contributed by atoms with Gasteiger partial charge in [-0.2, -0.15) is 0 Å². The van der Waals surface area contributed by atoms with Crippen molar-refractivity contribution in [2.45, 2.75) is 27.7 Å². The highest BCUT2D eigenvalue weighted by Gasteiger charge is 2.17. The smallest absolute Gasteiger partial charge is 0.302 e. The summed E-state index contributed by atoms with van der Waals surface area (Å²) in [5.41, 5.74) is 6.58. The van der Waals surface area contributed by atoms with Gasteiger partial charge in [-0.15, -0.1) is 0 Å². The highest BCUT2D eigenvalue weighted by Crippen LogP contribution is 2.34. The van der Waals surface area contributed by atoms with E-state index in [1.807, 2.05) is 123 Å². The zero-order valence-corrected chi connectivity index (χ0v) is 36.7. The van der Waals surface area contributed by atoms with Gasteiger partial charge in [-0.1, -0.05) is 120 Å². The zero-order valence-electron chi connectivity index (χ0n) is 36.7. The van der Waals surface area contributed by atoms with Gasteiger partial charge in [0, 0.05) is 48.2 Å². The van der Waals surface area contributed by atoms with Crippen molar-refractivity contribution >= 4 is 11.9 Å². The van der Waals surface area contributed by atoms with E-state index in [2.05, 4.69) is 24.9 Å². The molecule has 332 valence electrons. The number of benzene rings is 6. The number of hydrogen-bond acceptors (Lipinski definition) is 14. The van der Waals surface area contributed by atoms with Gasteiger partial charge < -0.3 is 29.2 Å². The molecule has 8 aromatic rings. The normalized spacial score (nSPS) is 10.6. The highest BCUT2D eigenvalue weighted by atomic mass is 16.6. The summed E-state index contributed by atoms with van der Waals surface area (Å²) >= 11 is 0. The van der Waals surface area contributed by atoms with Crippen molar-refractivity contribution in [3.63, 3.8) is 0 Å². The number of aryl methyl sites for hydroxylation is 2. The molecule has 8 rings (SSSR count). The van der Waals surface area contributed by atoms with E-state index in [1.165, 1.54) is 26.0 Å². The lowest BCUT2D eigenvalue weighted by Gasteiger charge is -2.11. The van der Waals surface area contributed by atoms with Crippen LogP contribution in [-0.4, -0.2) is 78.5 Å². The van der Waals surface area contributed by atoms with Crippen LogP contribution in [0, 0.1) is 13.8 Å². The molecule has 2 aromatic heterocycles. The van der Waals surface area contributed by atoms with Crippen molar-refractivity contribution in [1.29, 1.82) is 0 Å². The monoisotopic (exact) mass is 882 g/mol. The SMILES string of the molecule is CC(=O)OCCOc1ccc(-c2nc(-c3ccc(C)cc3)nc(-c3ccc(C)cc3)n2)c(O)c1.CC(=O)OCCOc1ccc(-c2nc(-c3ccccc3)nc(-c3ccccc3)n2)c(O)c1. The van der Waals surface area contributed by atoms with E-state index in [0.29, 0.717) is 57.6 Å². The van der Waals surface area contributed by atoms with Crippen LogP contribution >= 0.6 is 0 Å². The molecule has 0 amide bonds. The molecule has 0 aliphatic heterocycles. The first-order valence-corrected chi connectivity index (χ1v) is 21.0. The van der Waals surface area contributed by atoms with Crippen molar-refractivity contribution in [3.05, 3.63) is 157 Å². The molecule has 0 bridgehead atoms. The predicted molar refractivity (Wildman–Crippen MR) is 249 cm³/mol. The third-order valence-corrected chi connectivity index (χ3v) is 9.69. The van der Waals surface area contributed by atoms with Crippen molar-refractivity contribution in [3.8, 4) is 91.3 Å². The molecule has 14 nitrogen and oxygen atoms in total. The Balaban J connectivity index is 0.000000197. The van der Waals surface area contributed by atoms with Crippen LogP contribution in [0.3, 0.4) is 0 Å². The van der Waals surface area contributed by atoms with Gasteiger partial charge in [0.05, 0.1) is 11.1 Å². The van der Waals surface area contributed by atoms with Crippen LogP contribution in [0.5, 0.6) is 23.0 Å². The number of rotatable bonds is 14. The van der Waals surface area contributed by atoms with Gasteiger partial charge in [-0.3, -0.25) is 9.59 Å². The van der Waals surface area contributed by atoms with E-state index >= 15 is 0 Å². The van der Waals surface area contributed by atoms with Crippen molar-refractivity contribution in [1.82, 2.24) is 29.9 Å². The molecular weight excluding hydrogens is 837 g/mol. The summed E-state index contributed by atoms with van der Waals surface area (Å²) in [5.74, 6) is 2.84. The third-order valence-electron chi connectivity index (χ3n) is 9.69. The molecule has 0 aliphatic carbocycles. The second-order valence-electron chi connectivity index (χ2n) is 14.8. The summed E-state index contributed by atoms with van der Waals surface area (Å²) in [5, 5.41) is 21.4. The average molecular weight is 883 g/mol. The van der Waals surface area contributed by atoms with E-state index in [0.717, 1.165) is 33.4 Å². The van der Waals surface area contributed by atoms with Gasteiger partial charge in [-0.05, 0) is 38.1 Å². The number of hydrogen-bond donors (Lipinski definition) is 2. The van der Waals surface area contributed by atoms with Gasteiger partial charge in [0.15, 0.2) is 34.9 Å². The Morgan fingerprint density at radius 2 is 0.727 bits per heavy atom. The van der Waals surface area contributed by atoms with Crippen LogP contribution < -0.4 is 9.47 Å². The van der Waals surface area contributed by atoms with Crippen LogP contribution in [0.15, 0.2) is 146 Å². The molecule has 0 radical (unpaired) electrons. The van der Waals surface area contributed by atoms with E-state index in [9.17, 15) is 19.8 Å². The Labute approximate surface area is 381 Å². The second kappa shape index (κ2) is 21.7. The molecule has 0 unspecified atom stereocenters. The lowest BCUT2D eigenvalue weighted by Crippen LogP contribution is -2.09. The molecule has 0 saturated carbocycles. The fraction of sp³-hybridized carbons (Fsp3) is 0.154. The highest BCUT2D eigenvalue weighted by molar-refractivity contribution is 5.72. The lowest BCUT2D eigenvalue weighted by molar-refractivity contribution is -0.142. The number of esters is 2. The maximum atomic E-state index is 10.9. The van der Waals surface area contributed by atoms with Crippen LogP contribution in [0.4, 0.5) is 0 Å². The molecule has 0 atom stereocenters. The minimum absolute atomic E-state index is 0.0269. The van der Waals surface area contributed by atoms with Crippen LogP contribution in [0.1, 0.15) is 25.0 Å². The molecule has 2 heterocycles. The Bertz CT molecular complexity index is 2800. The first-order chi connectivity index (χ1) is 32.0. The molecular formula is C52H46N6O8. The van der Waals surface area contributed by atoms with Gasteiger partial charge in [0.25, 0.3) is 0 Å². The number of phenols is 2. The zero-order chi connectivity index (χ0) is 46.4. The number of carbonyl (C=O) groups is 2. The van der Waals surface area contributed by atoms with Gasteiger partial charge >= 0.3 is 11.9 Å². The Hall–Kier alpha value is -8.52. The summed E-state index contributed by atoms with van der Waals surface area (Å²) in [4.78, 5) is 49.6. The number of nitrogens with zero attached hydrogens (tertiary/aromatic N) is 6. The number of ether oxygens (including phenoxy) is 4. The van der Waals surface area contributed by atoms with Gasteiger partial charge in [-0.25, -0.2) is 29.9 Å². The first kappa shape index (κ1) is 45.5. The number of aromatic nitrogens is 6. The lowest BCUT2D eigenvalue weighted by atomic mass is 10.1. The third kappa shape index (κ3) is 12.3. The first-order valence-electron chi connectivity index (χ1n) is 21.0. The molecule has 6 aromatic carbocycles. The number of phenolic OH excluding ortho intramolecular Hbond substituents is 2. The van der Waals surface area contributed by atoms with Crippen molar-refractivity contribution in [2.75, 3.05) is 26.4 Å². The average Bonchev–Trinajstić information content (AvgIpc) is 3.32. The number of aromatic hydroxyl groups is 2. The maximum absolute atomic E-state index is 10.9. The molecule has 0 fully saturated rings. The molecule has 66 heavy (non-hydrogen) atoms. The second-order valence-corrected chi connectivity index (χ2v) is 14.8. The van der Waals surface area contributed by atoms with Crippen LogP contribution in [0.25, 0.3) is 68.3 Å². The fourth-order valence-corrected chi connectivity index (χ4v) is 6.36. The summed E-state index contributed by atoms with van der Waals surface area (Å²) in [6.07, 6.45) is 0. The van der Waals surface area contributed by atoms with Crippen molar-refractivity contribution < 1.29 is 38.7 Å². The predicted octanol–water partition coefficient (Wildman–Crippen LogP) is 9.66. The van der Waals surface area contributed by atoms with E-state index in [1.54, 1.807) is 24.3 Å². The van der Waals surface area contributed by atoms with Gasteiger partial charge in [0.1, 0.15) is 49.4 Å². The van der Waals surface area contributed by atoms with Crippen molar-refractivity contribution in [2.24, 2.45) is 0 Å². The Morgan fingerprint density at radius 1 is 0.409 bits per heavy atom. The largest absolute Gasteiger partial charge is 0.507 e. The van der Waals surface area contributed by atoms with E-state index in [-0.39, 0.29) is 49.9 Å². The molecule has 0 aliphatic rings. The number of carbonyl (C=O) groups excluding carboxylic acids is 2. The summed E-state index contributed by atoms with van der Waals surface area (Å²) < 4.78 is 20.8. The van der Waals surface area contributed by atoms with E-state index in [4.69, 9.17) is 23.9 Å². The van der Waals surface area contributed by atoms with Crippen LogP contribution in [0.2, 0.25) is 0 Å². The minimum atomic E-state index is -0.370. The summed E-state index contributed by atoms with van der Waals surface area (Å²) in [6, 6.07) is 44.9. The topological polar surface area (TPSA) is 189 Å². The Kier molecular flexibility index (Phi) is 15.0. The van der Waals surface area contributed by atoms with Crippen LogP contribution in [-0.2, 0) is 19.1 Å². The fourth-order valence-electron chi connectivity index (χ4n) is 6.36. The quantitative estimate of drug-likeness (QED) is 0.0776. The standard InChI is InChI=1S/C27H25N3O4.C25H21N3O4/c1-17-4-8-20(9-5-17)25-28-26(21-10-6-18(2)7-11-21)30-27(29-25)23-13-12-22(16-24(23)32)34-15-14-33-19(3)31;1-17(29)31-14-15-32-20-12-13-21(22(30)16-20)25-27-23(18-8-4-2-5-9-18)26-24(28-25)19-10-6-3-7-11-19/h4-13,16,32H,14-15H2,1-3H3;2-13,16,30H,14-15H2,1H3. The molecule has 2 N–H and O–H groups in total. The molecule has 14 heteroatoms. The minimum Gasteiger partial charge on any atom is -0.507 e. The van der Waals surface area contributed by atoms with E-state index < -0.39 is 0 Å². The maximum Gasteiger partial charge on any atom is 0.302 e. The molecule has 0 saturated heterocycles. The molecule has 0 spiro atoms. The summed E-state index contributed by atoms with van der Waals surface area (Å²) in [7, 11) is 0. The summed E-state index contributed by atoms with van der Waals surface area (Å²) in [6.45, 7) is 7.34. The van der Waals surface area contributed by atoms with Gasteiger partial charge in [0.2, 0.25) is 0 Å². The Morgan fingerprint density at radius 3 is 1.05 bits per heavy atom.